The van der Waals surface area contributed by atoms with Crippen LogP contribution in [0.2, 0.25) is 0 Å². The summed E-state index contributed by atoms with van der Waals surface area (Å²) in [5, 5.41) is 0. The van der Waals surface area contributed by atoms with Gasteiger partial charge in [0.05, 0.1) is 0 Å². The molecule has 1 saturated carbocycles. The fourth-order valence-electron chi connectivity index (χ4n) is 4.21. The molecular weight excluding hydrogens is 338 g/mol. The highest BCUT2D eigenvalue weighted by molar-refractivity contribution is 5.77. The Morgan fingerprint density at radius 2 is 1.61 bits per heavy atom. The molecule has 1 heteroatoms. The quantitative estimate of drug-likeness (QED) is 0.443. The number of rotatable bonds is 3. The van der Waals surface area contributed by atoms with E-state index < -0.39 is 26.4 Å². The molecule has 0 N–H and O–H groups in total. The molecule has 0 radical (unpaired) electrons. The van der Waals surface area contributed by atoms with Gasteiger partial charge in [0.2, 0.25) is 5.69 Å². The Balaban J connectivity index is 2.05. The van der Waals surface area contributed by atoms with Crippen LogP contribution in [-0.4, -0.2) is 0 Å². The predicted octanol–water partition coefficient (Wildman–Crippen LogP) is 6.74. The summed E-state index contributed by atoms with van der Waals surface area (Å²) in [7, 11) is 1.73. The highest BCUT2D eigenvalue weighted by Crippen LogP contribution is 2.38. The Hall–Kier alpha value is -2.41. The second-order valence-corrected chi connectivity index (χ2v) is 7.67. The zero-order valence-electron chi connectivity index (χ0n) is 26.4. The molecule has 3 aromatic rings. The second-order valence-electron chi connectivity index (χ2n) is 7.67. The van der Waals surface area contributed by atoms with Gasteiger partial charge in [0.25, 0.3) is 0 Å². The lowest BCUT2D eigenvalue weighted by Gasteiger charge is -2.16. The van der Waals surface area contributed by atoms with Crippen LogP contribution in [0.3, 0.4) is 0 Å². The van der Waals surface area contributed by atoms with Crippen molar-refractivity contribution >= 4 is 0 Å². The van der Waals surface area contributed by atoms with Gasteiger partial charge in [-0.15, -0.1) is 0 Å². The third-order valence-corrected chi connectivity index (χ3v) is 5.72. The minimum Gasteiger partial charge on any atom is -0.201 e. The topological polar surface area (TPSA) is 3.88 Å². The van der Waals surface area contributed by atoms with E-state index in [9.17, 15) is 0 Å². The average molecular weight is 381 g/mol. The lowest BCUT2D eigenvalue weighted by atomic mass is 9.89. The van der Waals surface area contributed by atoms with Gasteiger partial charge in [-0.25, -0.2) is 4.57 Å². The highest BCUT2D eigenvalue weighted by atomic mass is 14.9. The maximum Gasteiger partial charge on any atom is 0.212 e. The molecule has 0 unspecified atom stereocenters. The molecule has 1 heterocycles. The third-order valence-electron chi connectivity index (χ3n) is 5.72. The molecule has 0 aliphatic heterocycles. The van der Waals surface area contributed by atoms with Gasteiger partial charge in [0.15, 0.2) is 6.20 Å². The molecule has 0 atom stereocenters. The summed E-state index contributed by atoms with van der Waals surface area (Å²) in [6.45, 7) is -5.55. The van der Waals surface area contributed by atoms with Gasteiger partial charge >= 0.3 is 0 Å². The van der Waals surface area contributed by atoms with Crippen molar-refractivity contribution in [1.29, 1.82) is 0 Å². The molecule has 0 saturated heterocycles. The van der Waals surface area contributed by atoms with Crippen molar-refractivity contribution in [2.45, 2.75) is 59.1 Å². The van der Waals surface area contributed by atoms with Gasteiger partial charge in [-0.3, -0.25) is 0 Å². The summed E-state index contributed by atoms with van der Waals surface area (Å²) in [4.78, 5) is 0. The van der Waals surface area contributed by atoms with Crippen LogP contribution in [0.25, 0.3) is 22.4 Å². The van der Waals surface area contributed by atoms with Crippen molar-refractivity contribution in [1.82, 2.24) is 0 Å². The molecule has 28 heavy (non-hydrogen) atoms. The molecule has 1 aliphatic rings. The van der Waals surface area contributed by atoms with Crippen molar-refractivity contribution in [3.63, 3.8) is 0 Å². The molecule has 2 aromatic carbocycles. The van der Waals surface area contributed by atoms with E-state index in [2.05, 4.69) is 0 Å². The highest BCUT2D eigenvalue weighted by Gasteiger charge is 2.24. The van der Waals surface area contributed by atoms with E-state index in [4.69, 9.17) is 13.7 Å². The van der Waals surface area contributed by atoms with Crippen molar-refractivity contribution in [3.05, 3.63) is 76.5 Å². The number of aryl methyl sites for hydroxylation is 5. The number of pyridine rings is 1. The van der Waals surface area contributed by atoms with Gasteiger partial charge in [-0.05, 0) is 85.7 Å². The zero-order valence-corrected chi connectivity index (χ0v) is 16.4. The molecule has 0 spiro atoms. The molecule has 144 valence electrons. The van der Waals surface area contributed by atoms with E-state index in [1.165, 1.54) is 6.07 Å². The zero-order chi connectivity index (χ0) is 28.3. The van der Waals surface area contributed by atoms with E-state index in [-0.39, 0.29) is 16.7 Å². The lowest BCUT2D eigenvalue weighted by Crippen LogP contribution is -2.32. The van der Waals surface area contributed by atoms with Crippen molar-refractivity contribution in [3.8, 4) is 22.4 Å². The van der Waals surface area contributed by atoms with Gasteiger partial charge in [0, 0.05) is 30.9 Å². The number of nitrogens with zero attached hydrogens (tertiary/aromatic N) is 1. The fraction of sp³-hybridized carbons (Fsp3) is 0.370. The molecular formula is C27H32N+. The molecule has 0 bridgehead atoms. The van der Waals surface area contributed by atoms with Crippen molar-refractivity contribution in [2.75, 3.05) is 0 Å². The molecule has 4 rings (SSSR count). The Labute approximate surface area is 184 Å². The van der Waals surface area contributed by atoms with E-state index in [1.54, 1.807) is 61.1 Å². The molecule has 1 nitrogen and oxygen atoms in total. The summed E-state index contributed by atoms with van der Waals surface area (Å²) in [6, 6.07) is 11.4. The first-order valence-electron chi connectivity index (χ1n) is 14.7. The minimum absolute atomic E-state index is 0.0465. The maximum absolute atomic E-state index is 9.12. The van der Waals surface area contributed by atoms with Crippen LogP contribution in [0.15, 0.2) is 48.7 Å². The Kier molecular flexibility index (Phi) is 2.80. The van der Waals surface area contributed by atoms with Crippen LogP contribution in [-0.2, 0) is 7.05 Å². The summed E-state index contributed by atoms with van der Waals surface area (Å²) in [6.07, 6.45) is 4.39. The SMILES string of the molecule is [2H]C([2H])([2H])c1ccccc1-c1cc(-c2cc(C3([2H])CCCC3)c(C([2H])([2H])[2H])c[n+]2C)c(C)cc1C([2H])([2H])[2H]. The van der Waals surface area contributed by atoms with Crippen LogP contribution in [0.1, 0.15) is 73.1 Å². The normalized spacial score (nSPS) is 22.4. The number of aromatic nitrogens is 1. The smallest absolute Gasteiger partial charge is 0.201 e. The largest absolute Gasteiger partial charge is 0.212 e. The number of hydrogen-bond acceptors (Lipinski definition) is 0. The summed E-state index contributed by atoms with van der Waals surface area (Å²) < 4.78 is 83.8. The summed E-state index contributed by atoms with van der Waals surface area (Å²) in [5.41, 5.74) is 3.25. The van der Waals surface area contributed by atoms with E-state index in [1.807, 2.05) is 0 Å². The fourth-order valence-corrected chi connectivity index (χ4v) is 4.21. The monoisotopic (exact) mass is 380 g/mol. The molecule has 0 amide bonds. The molecule has 1 aliphatic carbocycles. The van der Waals surface area contributed by atoms with Crippen LogP contribution < -0.4 is 4.57 Å². The molecule has 1 aromatic heterocycles. The van der Waals surface area contributed by atoms with Crippen LogP contribution >= 0.6 is 0 Å². The lowest BCUT2D eigenvalue weighted by molar-refractivity contribution is -0.660. The van der Waals surface area contributed by atoms with Gasteiger partial charge in [0.1, 0.15) is 7.05 Å². The van der Waals surface area contributed by atoms with Crippen molar-refractivity contribution in [2.24, 2.45) is 7.05 Å². The van der Waals surface area contributed by atoms with Gasteiger partial charge in [-0.1, -0.05) is 43.2 Å². The number of hydrogen-bond donors (Lipinski definition) is 0. The van der Waals surface area contributed by atoms with Gasteiger partial charge in [-0.2, -0.15) is 0 Å². The first-order valence-corrected chi connectivity index (χ1v) is 9.73. The summed E-state index contributed by atoms with van der Waals surface area (Å²) in [5.74, 6) is -1.02. The molecule has 1 fully saturated rings. The standard InChI is InChI=1S/C27H32N/c1-18-10-6-9-13-23(18)25-15-26(20(3)14-19(25)2)27-16-24(21(4)17-28(27)5)22-11-7-8-12-22/h6,9-10,13-17,22H,7-8,11-12H2,1-5H3/q+1/i1D3,2D3,4D3,22D. The van der Waals surface area contributed by atoms with E-state index in [0.29, 0.717) is 46.4 Å². The second kappa shape index (κ2) is 7.54. The van der Waals surface area contributed by atoms with Gasteiger partial charge < -0.3 is 0 Å². The Morgan fingerprint density at radius 1 is 0.857 bits per heavy atom. The first kappa shape index (κ1) is 10.4. The average Bonchev–Trinajstić information content (AvgIpc) is 3.24. The van der Waals surface area contributed by atoms with E-state index >= 15 is 0 Å². The van der Waals surface area contributed by atoms with E-state index in [0.717, 1.165) is 12.8 Å². The first-order chi connectivity index (χ1) is 17.4. The third kappa shape index (κ3) is 3.39. The van der Waals surface area contributed by atoms with Crippen LogP contribution in [0, 0.1) is 27.5 Å². The summed E-state index contributed by atoms with van der Waals surface area (Å²) >= 11 is 0. The minimum atomic E-state index is -2.49. The Morgan fingerprint density at radius 3 is 2.36 bits per heavy atom. The number of benzene rings is 2. The van der Waals surface area contributed by atoms with Crippen molar-refractivity contribution < 1.29 is 18.3 Å². The predicted molar refractivity (Wildman–Crippen MR) is 119 cm³/mol. The maximum atomic E-state index is 9.12. The van der Waals surface area contributed by atoms with Crippen LogP contribution in [0.5, 0.6) is 0 Å². The van der Waals surface area contributed by atoms with Crippen LogP contribution in [0.4, 0.5) is 0 Å². The Bertz CT molecular complexity index is 1360.